The molecule has 4 aromatic heterocycles. The lowest BCUT2D eigenvalue weighted by Gasteiger charge is -2.11. The van der Waals surface area contributed by atoms with Crippen molar-refractivity contribution >= 4 is 87.2 Å². The number of rotatable bonds is 11. The molecule has 21 aromatic rings. The molecule has 4 nitrogen and oxygen atoms in total. The Labute approximate surface area is 614 Å². The molecular formula is C102H68N4. The Morgan fingerprint density at radius 1 is 0.104 bits per heavy atom. The second-order valence-corrected chi connectivity index (χ2v) is 27.6. The van der Waals surface area contributed by atoms with Gasteiger partial charge in [-0.05, 0) is 199 Å². The lowest BCUT2D eigenvalue weighted by atomic mass is 10.00. The highest BCUT2D eigenvalue weighted by atomic mass is 15.0. The molecule has 0 aliphatic rings. The standard InChI is InChI=1S/C54H36N2.C48H32N2/c1-3-12-37(13-4-1)39-22-24-41(25-23-39)42-16-11-17-46(34-42)56-52-21-10-8-19-48(52)50-36-44(29-33-54(50)56)43-28-32-53-49(35-43)47-18-7-9-20-51(47)55(53)45-30-26-40(27-31-45)38-14-5-2-6-15-38;1-3-11-33(12-4-1)35-19-25-39(26-20-35)49-45-17-9-7-15-41(45)43-31-37(23-29-47(43)49)38-24-30-48-44(32-38)42-16-8-10-18-46(42)50(48)40-27-21-36(22-28-40)34-13-5-2-6-14-34/h1-36H;1-32H. The van der Waals surface area contributed by atoms with Crippen molar-refractivity contribution in [1.82, 2.24) is 18.3 Å². The molecule has 0 atom stereocenters. The molecule has 0 saturated heterocycles. The van der Waals surface area contributed by atoms with Crippen LogP contribution in [0.5, 0.6) is 0 Å². The lowest BCUT2D eigenvalue weighted by Crippen LogP contribution is -1.94. The van der Waals surface area contributed by atoms with E-state index in [1.807, 2.05) is 0 Å². The molecule has 4 heteroatoms. The second kappa shape index (κ2) is 26.1. The third-order valence-electron chi connectivity index (χ3n) is 21.5. The van der Waals surface area contributed by atoms with E-state index in [0.29, 0.717) is 0 Å². The van der Waals surface area contributed by atoms with Crippen molar-refractivity contribution in [2.45, 2.75) is 0 Å². The minimum atomic E-state index is 1.15. The monoisotopic (exact) mass is 1350 g/mol. The van der Waals surface area contributed by atoms with E-state index in [0.717, 1.165) is 22.7 Å². The van der Waals surface area contributed by atoms with Crippen LogP contribution in [-0.4, -0.2) is 18.3 Å². The lowest BCUT2D eigenvalue weighted by molar-refractivity contribution is 1.18. The minimum Gasteiger partial charge on any atom is -0.309 e. The van der Waals surface area contributed by atoms with Gasteiger partial charge in [-0.15, -0.1) is 0 Å². The van der Waals surface area contributed by atoms with Gasteiger partial charge in [0.2, 0.25) is 0 Å². The second-order valence-electron chi connectivity index (χ2n) is 27.6. The van der Waals surface area contributed by atoms with E-state index >= 15 is 0 Å². The molecule has 0 radical (unpaired) electrons. The third-order valence-corrected chi connectivity index (χ3v) is 21.5. The molecule has 0 aliphatic carbocycles. The maximum absolute atomic E-state index is 2.41. The van der Waals surface area contributed by atoms with Gasteiger partial charge in [0.15, 0.2) is 0 Å². The van der Waals surface area contributed by atoms with Crippen LogP contribution < -0.4 is 0 Å². The molecule has 0 bridgehead atoms. The van der Waals surface area contributed by atoms with Crippen molar-refractivity contribution in [2.75, 3.05) is 0 Å². The predicted molar refractivity (Wildman–Crippen MR) is 448 cm³/mol. The first-order chi connectivity index (χ1) is 52.6. The SMILES string of the molecule is c1ccc(-c2ccc(-c3cccc(-n4c5ccccc5c5cc(-c6ccc7c(c6)c6ccccc6n7-c6ccc(-c7ccccc7)cc6)ccc54)c3)cc2)cc1.c1ccc(-c2ccc(-n3c4ccccc4c4cc(-c5ccc6c(c5)c5ccccc5n6-c5ccc(-c6ccccc6)cc5)ccc43)cc2)cc1. The van der Waals surface area contributed by atoms with Crippen LogP contribution in [0.25, 0.3) is 188 Å². The number of benzene rings is 17. The summed E-state index contributed by atoms with van der Waals surface area (Å²) in [5.41, 5.74) is 31.3. The fourth-order valence-electron chi connectivity index (χ4n) is 16.3. The topological polar surface area (TPSA) is 19.7 Å². The largest absolute Gasteiger partial charge is 0.309 e. The van der Waals surface area contributed by atoms with E-state index in [-0.39, 0.29) is 0 Å². The van der Waals surface area contributed by atoms with Crippen LogP contribution in [0.15, 0.2) is 413 Å². The van der Waals surface area contributed by atoms with E-state index < -0.39 is 0 Å². The van der Waals surface area contributed by atoms with Gasteiger partial charge in [0, 0.05) is 65.8 Å². The smallest absolute Gasteiger partial charge is 0.0541 e. The molecule has 0 spiro atoms. The zero-order valence-corrected chi connectivity index (χ0v) is 58.0. The van der Waals surface area contributed by atoms with Gasteiger partial charge in [0.25, 0.3) is 0 Å². The molecule has 0 N–H and O–H groups in total. The van der Waals surface area contributed by atoms with Crippen molar-refractivity contribution in [1.29, 1.82) is 0 Å². The van der Waals surface area contributed by atoms with Crippen LogP contribution in [0.3, 0.4) is 0 Å². The van der Waals surface area contributed by atoms with E-state index in [4.69, 9.17) is 0 Å². The van der Waals surface area contributed by atoms with Gasteiger partial charge in [0.05, 0.1) is 44.1 Å². The van der Waals surface area contributed by atoms with Crippen LogP contribution >= 0.6 is 0 Å². The summed E-state index contributed by atoms with van der Waals surface area (Å²) in [7, 11) is 0. The zero-order chi connectivity index (χ0) is 70.0. The molecule has 4 heterocycles. The van der Waals surface area contributed by atoms with Gasteiger partial charge >= 0.3 is 0 Å². The summed E-state index contributed by atoms with van der Waals surface area (Å²) in [4.78, 5) is 0. The van der Waals surface area contributed by atoms with Gasteiger partial charge in [-0.25, -0.2) is 0 Å². The van der Waals surface area contributed by atoms with Gasteiger partial charge in [-0.3, -0.25) is 0 Å². The molecule has 0 fully saturated rings. The van der Waals surface area contributed by atoms with E-state index in [2.05, 4.69) is 431 Å². The number of aromatic nitrogens is 4. The summed E-state index contributed by atoms with van der Waals surface area (Å²) in [6.07, 6.45) is 0. The summed E-state index contributed by atoms with van der Waals surface area (Å²) in [5, 5.41) is 10.0. The number of nitrogens with zero attached hydrogens (tertiary/aromatic N) is 4. The summed E-state index contributed by atoms with van der Waals surface area (Å²) >= 11 is 0. The Balaban J connectivity index is 0.000000141. The van der Waals surface area contributed by atoms with Crippen molar-refractivity contribution in [3.05, 3.63) is 413 Å². The van der Waals surface area contributed by atoms with E-state index in [1.54, 1.807) is 0 Å². The van der Waals surface area contributed by atoms with Crippen molar-refractivity contribution in [2.24, 2.45) is 0 Å². The summed E-state index contributed by atoms with van der Waals surface area (Å²) in [5.74, 6) is 0. The maximum atomic E-state index is 2.41. The Morgan fingerprint density at radius 3 is 0.575 bits per heavy atom. The van der Waals surface area contributed by atoms with Gasteiger partial charge in [0.1, 0.15) is 0 Å². The fraction of sp³-hybridized carbons (Fsp3) is 0. The molecule has 0 saturated carbocycles. The number of para-hydroxylation sites is 4. The summed E-state index contributed by atoms with van der Waals surface area (Å²) < 4.78 is 9.59. The Hall–Kier alpha value is -14.1. The van der Waals surface area contributed by atoms with E-state index in [9.17, 15) is 0 Å². The Kier molecular flexibility index (Phi) is 15.2. The third kappa shape index (κ3) is 10.9. The molecule has 21 rings (SSSR count). The highest BCUT2D eigenvalue weighted by Crippen LogP contribution is 2.43. The molecule has 0 unspecified atom stereocenters. The zero-order valence-electron chi connectivity index (χ0n) is 58.0. The van der Waals surface area contributed by atoms with Crippen molar-refractivity contribution in [3.63, 3.8) is 0 Å². The average Bonchev–Trinajstić information content (AvgIpc) is 1.60. The van der Waals surface area contributed by atoms with Gasteiger partial charge < -0.3 is 18.3 Å². The highest BCUT2D eigenvalue weighted by molar-refractivity contribution is 6.15. The first-order valence-corrected chi connectivity index (χ1v) is 36.4. The van der Waals surface area contributed by atoms with Crippen LogP contribution in [0.4, 0.5) is 0 Å². The van der Waals surface area contributed by atoms with Gasteiger partial charge in [-0.1, -0.05) is 291 Å². The van der Waals surface area contributed by atoms with Crippen LogP contribution in [-0.2, 0) is 0 Å². The number of hydrogen-bond acceptors (Lipinski definition) is 0. The molecule has 0 amide bonds. The Bertz CT molecular complexity index is 6660. The predicted octanol–water partition coefficient (Wildman–Crippen LogP) is 27.4. The number of hydrogen-bond donors (Lipinski definition) is 0. The van der Waals surface area contributed by atoms with Crippen molar-refractivity contribution in [3.8, 4) is 101 Å². The van der Waals surface area contributed by atoms with Crippen LogP contribution in [0, 0.1) is 0 Å². The number of fused-ring (bicyclic) bond motifs is 12. The van der Waals surface area contributed by atoms with Gasteiger partial charge in [-0.2, -0.15) is 0 Å². The summed E-state index contributed by atoms with van der Waals surface area (Å²) in [6, 6.07) is 150. The minimum absolute atomic E-state index is 1.15. The normalized spacial score (nSPS) is 11.6. The average molecular weight is 1350 g/mol. The molecule has 17 aromatic carbocycles. The fourth-order valence-corrected chi connectivity index (χ4v) is 16.3. The quantitative estimate of drug-likeness (QED) is 0.123. The van der Waals surface area contributed by atoms with Crippen LogP contribution in [0.1, 0.15) is 0 Å². The van der Waals surface area contributed by atoms with E-state index in [1.165, 1.54) is 165 Å². The Morgan fingerprint density at radius 2 is 0.292 bits per heavy atom. The first-order valence-electron chi connectivity index (χ1n) is 36.4. The molecule has 496 valence electrons. The molecule has 0 aliphatic heterocycles. The maximum Gasteiger partial charge on any atom is 0.0541 e. The molecular weight excluding hydrogens is 1280 g/mol. The van der Waals surface area contributed by atoms with Crippen molar-refractivity contribution < 1.29 is 0 Å². The van der Waals surface area contributed by atoms with Crippen LogP contribution in [0.2, 0.25) is 0 Å². The summed E-state index contributed by atoms with van der Waals surface area (Å²) in [6.45, 7) is 0. The molecule has 106 heavy (non-hydrogen) atoms. The highest BCUT2D eigenvalue weighted by Gasteiger charge is 2.20. The first kappa shape index (κ1) is 61.8.